The van der Waals surface area contributed by atoms with Gasteiger partial charge in [0.25, 0.3) is 0 Å². The third-order valence-corrected chi connectivity index (χ3v) is 8.73. The van der Waals surface area contributed by atoms with Crippen molar-refractivity contribution in [1.82, 2.24) is 0 Å². The van der Waals surface area contributed by atoms with Gasteiger partial charge in [0.2, 0.25) is 0 Å². The number of aliphatic hydroxyl groups excluding tert-OH is 6. The van der Waals surface area contributed by atoms with E-state index in [0.29, 0.717) is 0 Å². The second-order valence-corrected chi connectivity index (χ2v) is 12.9. The zero-order chi connectivity index (χ0) is 38.2. The number of rotatable bonds is 11. The third kappa shape index (κ3) is 7.98. The topological polar surface area (TPSA) is 324 Å². The molecule has 19 nitrogen and oxygen atoms in total. The van der Waals surface area contributed by atoms with Crippen molar-refractivity contribution in [3.63, 3.8) is 0 Å². The van der Waals surface area contributed by atoms with E-state index in [1.54, 1.807) is 0 Å². The first-order valence-corrected chi connectivity index (χ1v) is 15.8. The Morgan fingerprint density at radius 1 is 0.846 bits per heavy atom. The van der Waals surface area contributed by atoms with Crippen LogP contribution in [0.1, 0.15) is 31.4 Å². The first-order valence-electron chi connectivity index (χ1n) is 15.8. The van der Waals surface area contributed by atoms with Crippen molar-refractivity contribution in [2.45, 2.75) is 86.6 Å². The van der Waals surface area contributed by atoms with Crippen LogP contribution in [0.25, 0.3) is 22.3 Å². The van der Waals surface area contributed by atoms with Gasteiger partial charge in [-0.3, -0.25) is 14.4 Å². The fourth-order valence-electron chi connectivity index (χ4n) is 6.09. The number of carboxylic acid groups (broad SMARTS) is 1. The van der Waals surface area contributed by atoms with Crippen LogP contribution in [0.3, 0.4) is 0 Å². The smallest absolute Gasteiger partial charge is 0.308 e. The molecule has 5 rings (SSSR count). The lowest BCUT2D eigenvalue weighted by molar-refractivity contribution is -0.342. The van der Waals surface area contributed by atoms with Crippen LogP contribution in [0.4, 0.5) is 0 Å². The molecule has 0 amide bonds. The molecule has 19 heteroatoms. The molecule has 3 heterocycles. The molecule has 2 fully saturated rings. The number of phenols is 3. The van der Waals surface area contributed by atoms with Crippen molar-refractivity contribution in [2.24, 2.45) is 0 Å². The molecule has 2 saturated heterocycles. The van der Waals surface area contributed by atoms with Gasteiger partial charge in [-0.05, 0) is 31.2 Å². The summed E-state index contributed by atoms with van der Waals surface area (Å²) >= 11 is 0. The number of hydrogen-bond donors (Lipinski definition) is 11. The summed E-state index contributed by atoms with van der Waals surface area (Å²) in [6.45, 7) is -0.624. The molecule has 2 aliphatic rings. The highest BCUT2D eigenvalue weighted by Crippen LogP contribution is 2.45. The van der Waals surface area contributed by atoms with Crippen LogP contribution in [0.2, 0.25) is 0 Å². The number of carbonyl (C=O) groups is 2. The summed E-state index contributed by atoms with van der Waals surface area (Å²) < 4.78 is 28.2. The predicted molar refractivity (Wildman–Crippen MR) is 170 cm³/mol. The second-order valence-electron chi connectivity index (χ2n) is 12.9. The Bertz CT molecular complexity index is 1820. The largest absolute Gasteiger partial charge is 0.508 e. The molecule has 11 N–H and O–H groups in total. The number of hydrogen-bond acceptors (Lipinski definition) is 18. The molecule has 284 valence electrons. The van der Waals surface area contributed by atoms with Crippen LogP contribution in [0.15, 0.2) is 45.6 Å². The van der Waals surface area contributed by atoms with Crippen LogP contribution in [0.5, 0.6) is 17.2 Å². The van der Waals surface area contributed by atoms with Crippen molar-refractivity contribution in [1.29, 1.82) is 0 Å². The summed E-state index contributed by atoms with van der Waals surface area (Å²) in [7, 11) is 0. The molecule has 1 aromatic heterocycles. The average Bonchev–Trinajstić information content (AvgIpc) is 3.06. The molecule has 11 atom stereocenters. The van der Waals surface area contributed by atoms with E-state index in [2.05, 4.69) is 0 Å². The van der Waals surface area contributed by atoms with Crippen molar-refractivity contribution in [3.05, 3.63) is 52.2 Å². The fourth-order valence-corrected chi connectivity index (χ4v) is 6.09. The third-order valence-electron chi connectivity index (χ3n) is 8.73. The molecular formula is C33H38O19. The molecule has 52 heavy (non-hydrogen) atoms. The van der Waals surface area contributed by atoms with Gasteiger partial charge in [-0.25, -0.2) is 0 Å². The van der Waals surface area contributed by atoms with Crippen molar-refractivity contribution in [3.8, 4) is 28.6 Å². The zero-order valence-corrected chi connectivity index (χ0v) is 27.3. The maximum Gasteiger partial charge on any atom is 0.308 e. The van der Waals surface area contributed by atoms with E-state index in [0.717, 1.165) is 19.1 Å². The zero-order valence-electron chi connectivity index (χ0n) is 27.3. The van der Waals surface area contributed by atoms with Gasteiger partial charge in [0.15, 0.2) is 17.3 Å². The Kier molecular flexibility index (Phi) is 11.4. The molecule has 0 aliphatic carbocycles. The lowest BCUT2D eigenvalue weighted by Gasteiger charge is -2.46. The molecule has 0 bridgehead atoms. The Hall–Kier alpha value is -4.41. The number of aliphatic hydroxyl groups is 7. The molecule has 0 saturated carbocycles. The number of carbonyl (C=O) groups excluding carboxylic acids is 1. The SMILES string of the molecule is CC(O)(CC(=O)O)CC(=O)OCC1OC(OC2C(c3c(O)cc(O)c4c(=O)cc(-c5ccc(O)cc5)oc34)OC(CO)C(O)C2O)C(O)C(O)C1O. The van der Waals surface area contributed by atoms with Gasteiger partial charge < -0.3 is 79.5 Å². The Labute approximate surface area is 292 Å². The van der Waals surface area contributed by atoms with Gasteiger partial charge in [-0.15, -0.1) is 0 Å². The number of aliphatic carboxylic acids is 1. The quantitative estimate of drug-likeness (QED) is 0.0955. The predicted octanol–water partition coefficient (Wildman–Crippen LogP) is -1.92. The van der Waals surface area contributed by atoms with Crippen LogP contribution in [-0.2, 0) is 28.5 Å². The van der Waals surface area contributed by atoms with Gasteiger partial charge in [0.05, 0.1) is 30.6 Å². The number of ether oxygens (including phenoxy) is 4. The molecular weight excluding hydrogens is 700 g/mol. The van der Waals surface area contributed by atoms with Crippen molar-refractivity contribution in [2.75, 3.05) is 13.2 Å². The molecule has 0 spiro atoms. The number of carboxylic acids is 1. The molecule has 2 aromatic carbocycles. The summed E-state index contributed by atoms with van der Waals surface area (Å²) in [6.07, 6.45) is -20.4. The first-order chi connectivity index (χ1) is 24.4. The highest BCUT2D eigenvalue weighted by molar-refractivity contribution is 5.89. The van der Waals surface area contributed by atoms with Crippen LogP contribution >= 0.6 is 0 Å². The number of aromatic hydroxyl groups is 3. The monoisotopic (exact) mass is 738 g/mol. The van der Waals surface area contributed by atoms with Gasteiger partial charge in [-0.1, -0.05) is 0 Å². The fraction of sp³-hybridized carbons (Fsp3) is 0.485. The van der Waals surface area contributed by atoms with Gasteiger partial charge in [0, 0.05) is 17.7 Å². The minimum absolute atomic E-state index is 0.102. The van der Waals surface area contributed by atoms with Crippen molar-refractivity contribution < 1.29 is 89.1 Å². The maximum absolute atomic E-state index is 13.3. The van der Waals surface area contributed by atoms with E-state index >= 15 is 0 Å². The number of benzene rings is 2. The molecule has 11 unspecified atom stereocenters. The first kappa shape index (κ1) is 38.8. The Morgan fingerprint density at radius 3 is 2.13 bits per heavy atom. The second kappa shape index (κ2) is 15.3. The van der Waals surface area contributed by atoms with E-state index in [4.69, 9.17) is 28.5 Å². The van der Waals surface area contributed by atoms with E-state index in [1.165, 1.54) is 24.3 Å². The minimum Gasteiger partial charge on any atom is -0.508 e. The van der Waals surface area contributed by atoms with E-state index in [9.17, 15) is 65.4 Å². The average molecular weight is 739 g/mol. The van der Waals surface area contributed by atoms with E-state index in [-0.39, 0.29) is 17.1 Å². The highest BCUT2D eigenvalue weighted by Gasteiger charge is 2.52. The summed E-state index contributed by atoms with van der Waals surface area (Å²) in [6, 6.07) is 7.21. The minimum atomic E-state index is -2.08. The van der Waals surface area contributed by atoms with Gasteiger partial charge in [0.1, 0.15) is 89.9 Å². The van der Waals surface area contributed by atoms with Crippen molar-refractivity contribution >= 4 is 22.9 Å². The normalized spacial score (nSPS) is 30.5. The number of fused-ring (bicyclic) bond motifs is 1. The summed E-state index contributed by atoms with van der Waals surface area (Å²) in [5.41, 5.74) is -3.46. The summed E-state index contributed by atoms with van der Waals surface area (Å²) in [5.74, 6) is -4.22. The van der Waals surface area contributed by atoms with E-state index < -0.39 is 138 Å². The standard InChI is InChI=1S/C33H38O19/c1-33(47,8-20(39)40)9-21(41)48-11-19-25(43)26(44)28(46)32(51-19)52-31-27(45)24(42)18(10-34)50-30(31)23-15(37)6-14(36)22-16(38)7-17(49-29(22)23)12-2-4-13(35)5-3-12/h2-7,18-19,24-28,30-32,34-37,42-47H,8-11H2,1H3,(H,39,40). The van der Waals surface area contributed by atoms with Gasteiger partial charge in [-0.2, -0.15) is 0 Å². The Balaban J connectivity index is 1.50. The van der Waals surface area contributed by atoms with E-state index in [1.807, 2.05) is 0 Å². The van der Waals surface area contributed by atoms with Gasteiger partial charge >= 0.3 is 11.9 Å². The van der Waals surface area contributed by atoms with Crippen LogP contribution in [-0.4, -0.2) is 142 Å². The molecule has 2 aliphatic heterocycles. The summed E-state index contributed by atoms with van der Waals surface area (Å²) in [4.78, 5) is 36.6. The van der Waals surface area contributed by atoms with Crippen LogP contribution in [0, 0.1) is 0 Å². The lowest BCUT2D eigenvalue weighted by atomic mass is 9.89. The number of esters is 1. The maximum atomic E-state index is 13.3. The summed E-state index contributed by atoms with van der Waals surface area (Å²) in [5, 5.41) is 114. The Morgan fingerprint density at radius 2 is 1.50 bits per heavy atom. The molecule has 0 radical (unpaired) electrons. The lowest BCUT2D eigenvalue weighted by Crippen LogP contribution is -2.63. The number of phenolic OH excluding ortho intramolecular Hbond substituents is 3. The molecule has 3 aromatic rings. The highest BCUT2D eigenvalue weighted by atomic mass is 16.7. The van der Waals surface area contributed by atoms with Crippen LogP contribution < -0.4 is 5.43 Å².